The van der Waals surface area contributed by atoms with Crippen molar-refractivity contribution in [3.05, 3.63) is 48.0 Å². The zero-order valence-electron chi connectivity index (χ0n) is 15.5. The van der Waals surface area contributed by atoms with Crippen molar-refractivity contribution < 1.29 is 19.2 Å². The molecule has 1 aromatic carbocycles. The highest BCUT2D eigenvalue weighted by molar-refractivity contribution is 5.86. The molecule has 6 heteroatoms. The molecule has 1 saturated heterocycles. The van der Waals surface area contributed by atoms with E-state index in [9.17, 15) is 9.59 Å². The first-order valence-electron chi connectivity index (χ1n) is 9.03. The molecule has 4 rings (SSSR count). The summed E-state index contributed by atoms with van der Waals surface area (Å²) in [5, 5.41) is 4.14. The molecule has 3 atom stereocenters. The van der Waals surface area contributed by atoms with Gasteiger partial charge in [-0.2, -0.15) is 0 Å². The summed E-state index contributed by atoms with van der Waals surface area (Å²) < 4.78 is 5.33. The summed E-state index contributed by atoms with van der Waals surface area (Å²) in [5.41, 5.74) is 0.327. The topological polar surface area (TPSA) is 67.9 Å². The quantitative estimate of drug-likeness (QED) is 0.840. The molecule has 1 fully saturated rings. The predicted octanol–water partition coefficient (Wildman–Crippen LogP) is 2.98. The van der Waals surface area contributed by atoms with Gasteiger partial charge in [-0.05, 0) is 39.2 Å². The molecule has 1 aromatic rings. The van der Waals surface area contributed by atoms with E-state index < -0.39 is 17.7 Å². The Morgan fingerprint density at radius 3 is 2.50 bits per heavy atom. The number of hydrogen-bond donors (Lipinski definition) is 1. The van der Waals surface area contributed by atoms with E-state index in [4.69, 9.17) is 9.57 Å². The van der Waals surface area contributed by atoms with Gasteiger partial charge >= 0.3 is 6.09 Å². The third-order valence-electron chi connectivity index (χ3n) is 4.33. The summed E-state index contributed by atoms with van der Waals surface area (Å²) >= 11 is 0. The van der Waals surface area contributed by atoms with Gasteiger partial charge in [-0.1, -0.05) is 42.5 Å². The number of fused-ring (bicyclic) bond motifs is 2. The number of ether oxygens (including phenoxy) is 1. The molecule has 0 spiro atoms. The highest BCUT2D eigenvalue weighted by Gasteiger charge is 2.38. The Hall–Kier alpha value is -2.34. The molecule has 1 aliphatic carbocycles. The molecule has 2 aliphatic heterocycles. The van der Waals surface area contributed by atoms with E-state index in [1.807, 2.05) is 42.5 Å². The van der Waals surface area contributed by atoms with Gasteiger partial charge in [0.1, 0.15) is 17.7 Å². The lowest BCUT2D eigenvalue weighted by molar-refractivity contribution is -0.232. The summed E-state index contributed by atoms with van der Waals surface area (Å²) in [6.07, 6.45) is 5.48. The number of benzene rings is 1. The minimum atomic E-state index is -0.750. The minimum absolute atomic E-state index is 0.0668. The number of alkyl carbamates (subject to hydrolysis) is 1. The number of hydroxylamine groups is 2. The van der Waals surface area contributed by atoms with Crippen LogP contribution in [-0.4, -0.2) is 40.9 Å². The van der Waals surface area contributed by atoms with Gasteiger partial charge in [-0.25, -0.2) is 9.86 Å². The highest BCUT2D eigenvalue weighted by Crippen LogP contribution is 2.28. The largest absolute Gasteiger partial charge is 0.444 e. The summed E-state index contributed by atoms with van der Waals surface area (Å²) in [7, 11) is 0. The summed E-state index contributed by atoms with van der Waals surface area (Å²) in [6.45, 7) is 5.37. The van der Waals surface area contributed by atoms with Crippen LogP contribution >= 0.6 is 0 Å². The Labute approximate surface area is 154 Å². The molecule has 26 heavy (non-hydrogen) atoms. The maximum Gasteiger partial charge on any atom is 0.408 e. The van der Waals surface area contributed by atoms with Gasteiger partial charge in [0, 0.05) is 6.42 Å². The van der Waals surface area contributed by atoms with E-state index in [1.54, 1.807) is 20.8 Å². The van der Waals surface area contributed by atoms with Gasteiger partial charge in [0.05, 0.1) is 6.04 Å². The molecule has 2 heterocycles. The van der Waals surface area contributed by atoms with Crippen LogP contribution in [0, 0.1) is 0 Å². The summed E-state index contributed by atoms with van der Waals surface area (Å²) in [6, 6.07) is 8.77. The summed E-state index contributed by atoms with van der Waals surface area (Å²) in [5.74, 6) is -0.251. The van der Waals surface area contributed by atoms with Gasteiger partial charge in [-0.15, -0.1) is 0 Å². The second kappa shape index (κ2) is 7.50. The Morgan fingerprint density at radius 2 is 1.96 bits per heavy atom. The first-order chi connectivity index (χ1) is 12.3. The fourth-order valence-corrected chi connectivity index (χ4v) is 3.16. The van der Waals surface area contributed by atoms with E-state index in [-0.39, 0.29) is 18.1 Å². The van der Waals surface area contributed by atoms with Crippen molar-refractivity contribution in [2.75, 3.05) is 0 Å². The lowest BCUT2D eigenvalue weighted by atomic mass is 9.97. The van der Waals surface area contributed by atoms with Crippen LogP contribution in [0.3, 0.4) is 0 Å². The fraction of sp³-hybridized carbons (Fsp3) is 0.500. The second-order valence-electron chi connectivity index (χ2n) is 7.73. The van der Waals surface area contributed by atoms with Crippen LogP contribution < -0.4 is 5.32 Å². The molecule has 2 bridgehead atoms. The van der Waals surface area contributed by atoms with Gasteiger partial charge in [0.15, 0.2) is 0 Å². The van der Waals surface area contributed by atoms with Crippen molar-refractivity contribution in [3.8, 4) is 0 Å². The fourth-order valence-electron chi connectivity index (χ4n) is 3.16. The number of nitrogens with one attached hydrogen (secondary N) is 1. The molecule has 140 valence electrons. The molecular formula is C20H26N2O4. The van der Waals surface area contributed by atoms with E-state index >= 15 is 0 Å². The van der Waals surface area contributed by atoms with Gasteiger partial charge in [0.25, 0.3) is 5.91 Å². The Balaban J connectivity index is 1.74. The average Bonchev–Trinajstić information content (AvgIpc) is 2.61. The zero-order chi connectivity index (χ0) is 18.7. The molecule has 0 radical (unpaired) electrons. The van der Waals surface area contributed by atoms with Crippen molar-refractivity contribution in [1.29, 1.82) is 0 Å². The van der Waals surface area contributed by atoms with E-state index in [1.165, 1.54) is 5.06 Å². The molecule has 0 aromatic heterocycles. The third-order valence-corrected chi connectivity index (χ3v) is 4.33. The van der Waals surface area contributed by atoms with Gasteiger partial charge in [0.2, 0.25) is 0 Å². The monoisotopic (exact) mass is 358 g/mol. The third kappa shape index (κ3) is 4.64. The number of carbonyl (C=O) groups excluding carboxylic acids is 2. The average molecular weight is 358 g/mol. The smallest absolute Gasteiger partial charge is 0.408 e. The van der Waals surface area contributed by atoms with Gasteiger partial charge in [-0.3, -0.25) is 9.63 Å². The molecule has 0 saturated carbocycles. The predicted molar refractivity (Wildman–Crippen MR) is 97.2 cm³/mol. The lowest BCUT2D eigenvalue weighted by Crippen LogP contribution is -2.56. The standard InChI is InChI=1S/C20H26N2O4/c1-20(2,3)25-19(24)21-17(13-14-7-5-4-6-8-14)18(23)22-15-9-11-16(26-22)12-10-15/h4-9,11,15-17H,10,12-13H2,1-3H3,(H,21,24)/t15?,16?,17-/m0/s1. The normalized spacial score (nSPS) is 22.8. The lowest BCUT2D eigenvalue weighted by Gasteiger charge is -2.41. The number of rotatable bonds is 4. The number of carbonyl (C=O) groups is 2. The zero-order valence-corrected chi connectivity index (χ0v) is 15.5. The van der Waals surface area contributed by atoms with E-state index in [0.29, 0.717) is 6.42 Å². The first-order valence-corrected chi connectivity index (χ1v) is 9.03. The molecule has 2 unspecified atom stereocenters. The number of amides is 2. The van der Waals surface area contributed by atoms with E-state index in [0.717, 1.165) is 18.4 Å². The van der Waals surface area contributed by atoms with Crippen molar-refractivity contribution in [1.82, 2.24) is 10.4 Å². The van der Waals surface area contributed by atoms with Crippen LogP contribution in [0.2, 0.25) is 0 Å². The molecule has 2 amide bonds. The molecule has 1 N–H and O–H groups in total. The molecular weight excluding hydrogens is 332 g/mol. The maximum atomic E-state index is 13.1. The van der Waals surface area contributed by atoms with Crippen molar-refractivity contribution in [2.45, 2.75) is 63.8 Å². The van der Waals surface area contributed by atoms with Crippen molar-refractivity contribution in [2.24, 2.45) is 0 Å². The SMILES string of the molecule is CC(C)(C)OC(=O)N[C@@H](Cc1ccccc1)C(=O)N1OC2C=CC1CC2. The second-order valence-corrected chi connectivity index (χ2v) is 7.73. The highest BCUT2D eigenvalue weighted by atomic mass is 16.7. The first kappa shape index (κ1) is 18.5. The van der Waals surface area contributed by atoms with E-state index in [2.05, 4.69) is 5.32 Å². The minimum Gasteiger partial charge on any atom is -0.444 e. The Morgan fingerprint density at radius 1 is 1.23 bits per heavy atom. The molecule has 3 aliphatic rings. The molecule has 6 nitrogen and oxygen atoms in total. The van der Waals surface area contributed by atoms with Crippen LogP contribution in [0.5, 0.6) is 0 Å². The summed E-state index contributed by atoms with van der Waals surface area (Å²) in [4.78, 5) is 31.1. The van der Waals surface area contributed by atoms with Crippen LogP contribution in [0.4, 0.5) is 4.79 Å². The maximum absolute atomic E-state index is 13.1. The van der Waals surface area contributed by atoms with Crippen molar-refractivity contribution in [3.63, 3.8) is 0 Å². The van der Waals surface area contributed by atoms with Gasteiger partial charge < -0.3 is 10.1 Å². The number of hydrogen-bond acceptors (Lipinski definition) is 4. The van der Waals surface area contributed by atoms with Crippen LogP contribution in [-0.2, 0) is 20.8 Å². The Bertz CT molecular complexity index is 681. The number of nitrogens with zero attached hydrogens (tertiary/aromatic N) is 1. The van der Waals surface area contributed by atoms with Crippen LogP contribution in [0.15, 0.2) is 42.5 Å². The Kier molecular flexibility index (Phi) is 5.32. The van der Waals surface area contributed by atoms with Crippen molar-refractivity contribution >= 4 is 12.0 Å². The van der Waals surface area contributed by atoms with Crippen LogP contribution in [0.25, 0.3) is 0 Å². The van der Waals surface area contributed by atoms with Crippen LogP contribution in [0.1, 0.15) is 39.2 Å².